The Kier molecular flexibility index (Phi) is 7.48. The van der Waals surface area contributed by atoms with Crippen LogP contribution in [-0.2, 0) is 24.3 Å². The number of carboxylic acid groups (broad SMARTS) is 1. The molecule has 0 spiro atoms. The van der Waals surface area contributed by atoms with Gasteiger partial charge in [0.2, 0.25) is 11.8 Å². The highest BCUT2D eigenvalue weighted by molar-refractivity contribution is 7.11. The predicted molar refractivity (Wildman–Crippen MR) is 155 cm³/mol. The van der Waals surface area contributed by atoms with Crippen molar-refractivity contribution in [2.45, 2.75) is 56.8 Å². The van der Waals surface area contributed by atoms with Crippen molar-refractivity contribution in [3.8, 4) is 17.1 Å². The second-order valence-corrected chi connectivity index (χ2v) is 12.3. The Hall–Kier alpha value is -4.43. The number of hydrogen-bond acceptors (Lipinski definition) is 8. The van der Waals surface area contributed by atoms with Crippen LogP contribution in [0.3, 0.4) is 0 Å². The van der Waals surface area contributed by atoms with E-state index in [4.69, 9.17) is 9.47 Å². The largest absolute Gasteiger partial charge is 0.478 e. The zero-order chi connectivity index (χ0) is 31.3. The molecular formula is C31H25F4N5O4S. The Morgan fingerprint density at radius 3 is 2.64 bits per heavy atom. The van der Waals surface area contributed by atoms with Gasteiger partial charge in [-0.05, 0) is 48.4 Å². The number of alkyl halides is 2. The van der Waals surface area contributed by atoms with Crippen LogP contribution in [0.4, 0.5) is 17.6 Å². The van der Waals surface area contributed by atoms with Gasteiger partial charge in [-0.25, -0.2) is 32.3 Å². The number of pyridine rings is 1. The molecular weight excluding hydrogens is 614 g/mol. The summed E-state index contributed by atoms with van der Waals surface area (Å²) in [6, 6.07) is 11.4. The maximum atomic E-state index is 15.5. The first kappa shape index (κ1) is 29.3. The lowest BCUT2D eigenvalue weighted by Crippen LogP contribution is -2.33. The molecule has 0 bridgehead atoms. The summed E-state index contributed by atoms with van der Waals surface area (Å²) in [7, 11) is 0. The van der Waals surface area contributed by atoms with Crippen LogP contribution in [0.5, 0.6) is 5.88 Å². The lowest BCUT2D eigenvalue weighted by Gasteiger charge is -2.32. The van der Waals surface area contributed by atoms with Crippen molar-refractivity contribution in [1.29, 1.82) is 0 Å². The number of fused-ring (bicyclic) bond motifs is 1. The third-order valence-electron chi connectivity index (χ3n) is 8.00. The number of ether oxygens (including phenoxy) is 2. The smallest absolute Gasteiger partial charge is 0.335 e. The zero-order valence-corrected chi connectivity index (χ0v) is 24.4. The molecule has 1 aliphatic heterocycles. The number of hydrogen-bond donors (Lipinski definition) is 1. The monoisotopic (exact) mass is 639 g/mol. The third kappa shape index (κ3) is 5.99. The predicted octanol–water partition coefficient (Wildman–Crippen LogP) is 6.40. The van der Waals surface area contributed by atoms with Gasteiger partial charge in [0.1, 0.15) is 29.1 Å². The Labute approximate surface area is 257 Å². The number of imidazole rings is 1. The van der Waals surface area contributed by atoms with Crippen LogP contribution in [-0.4, -0.2) is 54.4 Å². The highest BCUT2D eigenvalue weighted by Crippen LogP contribution is 2.48. The van der Waals surface area contributed by atoms with Crippen LogP contribution in [0.1, 0.15) is 56.9 Å². The van der Waals surface area contributed by atoms with Crippen LogP contribution in [0.25, 0.3) is 22.3 Å². The number of aromatic nitrogens is 5. The maximum absolute atomic E-state index is 15.5. The van der Waals surface area contributed by atoms with Crippen LogP contribution in [0, 0.1) is 11.6 Å². The fourth-order valence-electron chi connectivity index (χ4n) is 5.47. The molecule has 45 heavy (non-hydrogen) atoms. The molecule has 1 aliphatic carbocycles. The molecule has 1 saturated carbocycles. The van der Waals surface area contributed by atoms with Crippen LogP contribution in [0.2, 0.25) is 0 Å². The topological polar surface area (TPSA) is 112 Å². The summed E-state index contributed by atoms with van der Waals surface area (Å²) in [5.41, 5.74) is 1.38. The van der Waals surface area contributed by atoms with Crippen molar-refractivity contribution in [3.63, 3.8) is 0 Å². The summed E-state index contributed by atoms with van der Waals surface area (Å²) >= 11 is 1.20. The molecule has 14 heteroatoms. The zero-order valence-electron chi connectivity index (χ0n) is 23.6. The molecule has 1 saturated heterocycles. The van der Waals surface area contributed by atoms with Crippen molar-refractivity contribution in [2.75, 3.05) is 6.61 Å². The molecule has 1 unspecified atom stereocenters. The number of benzene rings is 2. The molecule has 1 N–H and O–H groups in total. The van der Waals surface area contributed by atoms with E-state index in [1.807, 2.05) is 4.57 Å². The van der Waals surface area contributed by atoms with Gasteiger partial charge in [-0.3, -0.25) is 0 Å². The van der Waals surface area contributed by atoms with Gasteiger partial charge < -0.3 is 19.1 Å². The summed E-state index contributed by atoms with van der Waals surface area (Å²) in [6.45, 7) is 1.03. The van der Waals surface area contributed by atoms with Crippen molar-refractivity contribution in [1.82, 2.24) is 24.7 Å². The molecule has 1 atom stereocenters. The standard InChI is InChI=1S/C31H25F4N5O4S/c32-21-11-20(23-2-1-3-27(37-23)44-15-28-38-39-29(45-28)18-12-31(34,35)13-18)22(33)8-17(21)10-26-36-24-5-4-16(30(41)42)9-25(24)40(26)14-19-6-7-43-19/h1-5,8-9,11,18-19H,6-7,10,12-15H2,(H,41,42). The van der Waals surface area contributed by atoms with E-state index < -0.39 is 23.5 Å². The first-order chi connectivity index (χ1) is 21.6. The molecule has 0 amide bonds. The number of halogens is 4. The average Bonchev–Trinajstić information content (AvgIpc) is 3.58. The van der Waals surface area contributed by atoms with Gasteiger partial charge in [-0.2, -0.15) is 0 Å². The van der Waals surface area contributed by atoms with E-state index in [1.54, 1.807) is 18.2 Å². The molecule has 2 fully saturated rings. The van der Waals surface area contributed by atoms with Gasteiger partial charge in [-0.15, -0.1) is 10.2 Å². The van der Waals surface area contributed by atoms with E-state index in [9.17, 15) is 18.7 Å². The van der Waals surface area contributed by atoms with Crippen LogP contribution >= 0.6 is 11.3 Å². The minimum atomic E-state index is -2.65. The molecule has 5 aromatic rings. The van der Waals surface area contributed by atoms with Crippen LogP contribution in [0.15, 0.2) is 48.5 Å². The number of aromatic carboxylic acids is 1. The summed E-state index contributed by atoms with van der Waals surface area (Å²) in [4.78, 5) is 20.5. The molecule has 9 nitrogen and oxygen atoms in total. The minimum Gasteiger partial charge on any atom is -0.478 e. The van der Waals surface area contributed by atoms with E-state index in [-0.39, 0.29) is 66.2 Å². The third-order valence-corrected chi connectivity index (χ3v) is 9.06. The number of rotatable bonds is 10. The Balaban J connectivity index is 1.09. The van der Waals surface area contributed by atoms with Gasteiger partial charge in [0.15, 0.2) is 5.01 Å². The van der Waals surface area contributed by atoms with Gasteiger partial charge in [-0.1, -0.05) is 17.4 Å². The Morgan fingerprint density at radius 2 is 1.91 bits per heavy atom. The molecule has 4 heterocycles. The summed E-state index contributed by atoms with van der Waals surface area (Å²) in [5, 5.41) is 18.5. The van der Waals surface area contributed by atoms with Crippen molar-refractivity contribution >= 4 is 28.3 Å². The summed E-state index contributed by atoms with van der Waals surface area (Å²) in [6.07, 6.45) is 0.233. The first-order valence-electron chi connectivity index (χ1n) is 14.2. The lowest BCUT2D eigenvalue weighted by molar-refractivity contribution is -0.0868. The van der Waals surface area contributed by atoms with Gasteiger partial charge in [0, 0.05) is 43.4 Å². The van der Waals surface area contributed by atoms with Crippen molar-refractivity contribution in [2.24, 2.45) is 0 Å². The molecule has 3 aromatic heterocycles. The lowest BCUT2D eigenvalue weighted by atomic mass is 9.82. The normalized spacial score (nSPS) is 17.6. The summed E-state index contributed by atoms with van der Waals surface area (Å²) in [5.74, 6) is -4.79. The fourth-order valence-corrected chi connectivity index (χ4v) is 6.33. The maximum Gasteiger partial charge on any atom is 0.335 e. The highest BCUT2D eigenvalue weighted by atomic mass is 32.1. The molecule has 7 rings (SSSR count). The first-order valence-corrected chi connectivity index (χ1v) is 15.1. The Bertz CT molecular complexity index is 1920. The van der Waals surface area contributed by atoms with E-state index in [1.165, 1.54) is 29.5 Å². The SMILES string of the molecule is O=C(O)c1ccc2nc(Cc3cc(F)c(-c4cccc(OCc5nnc(C6CC(F)(F)C6)s5)n4)cc3F)n(CC3CCO3)c2c1. The fraction of sp³-hybridized carbons (Fsp3) is 0.323. The number of carbonyl (C=O) groups is 1. The molecule has 2 aliphatic rings. The minimum absolute atomic E-state index is 0.00608. The van der Waals surface area contributed by atoms with E-state index in [2.05, 4.69) is 20.2 Å². The molecule has 0 radical (unpaired) electrons. The van der Waals surface area contributed by atoms with Gasteiger partial charge in [0.25, 0.3) is 0 Å². The Morgan fingerprint density at radius 1 is 1.09 bits per heavy atom. The highest BCUT2D eigenvalue weighted by Gasteiger charge is 2.47. The number of carboxylic acids is 1. The molecule has 232 valence electrons. The number of nitrogens with zero attached hydrogens (tertiary/aromatic N) is 5. The van der Waals surface area contributed by atoms with E-state index in [0.29, 0.717) is 40.0 Å². The summed E-state index contributed by atoms with van der Waals surface area (Å²) < 4.78 is 70.4. The van der Waals surface area contributed by atoms with Crippen LogP contribution < -0.4 is 4.74 Å². The van der Waals surface area contributed by atoms with Crippen molar-refractivity contribution < 1.29 is 36.9 Å². The van der Waals surface area contributed by atoms with Gasteiger partial charge in [0.05, 0.1) is 34.9 Å². The van der Waals surface area contributed by atoms with E-state index >= 15 is 8.78 Å². The molecule has 2 aromatic carbocycles. The second-order valence-electron chi connectivity index (χ2n) is 11.2. The van der Waals surface area contributed by atoms with Crippen molar-refractivity contribution in [3.05, 3.63) is 87.1 Å². The average molecular weight is 640 g/mol. The van der Waals surface area contributed by atoms with Gasteiger partial charge >= 0.3 is 5.97 Å². The quantitative estimate of drug-likeness (QED) is 0.175. The second kappa shape index (κ2) is 11.5. The van der Waals surface area contributed by atoms with E-state index in [0.717, 1.165) is 18.6 Å².